The number of carbonyl (C=O) groups is 3. The number of benzene rings is 2. The molecule has 0 spiro atoms. The molecule has 2 aromatic rings. The van der Waals surface area contributed by atoms with E-state index in [0.717, 1.165) is 10.2 Å². The highest BCUT2D eigenvalue weighted by molar-refractivity contribution is 9.10. The fourth-order valence-corrected chi connectivity index (χ4v) is 4.49. The third-order valence-electron chi connectivity index (χ3n) is 5.60. The molecule has 0 unspecified atom stereocenters. The van der Waals surface area contributed by atoms with E-state index in [1.54, 1.807) is 6.07 Å². The molecule has 6 nitrogen and oxygen atoms in total. The lowest BCUT2D eigenvalue weighted by Crippen LogP contribution is -2.47. The molecule has 2 aromatic carbocycles. The first-order chi connectivity index (χ1) is 14.0. The maximum atomic E-state index is 13.0. The molecule has 2 aliphatic rings. The quantitative estimate of drug-likeness (QED) is 0.716. The first-order valence-electron chi connectivity index (χ1n) is 9.76. The van der Waals surface area contributed by atoms with E-state index in [0.29, 0.717) is 31.6 Å². The zero-order chi connectivity index (χ0) is 20.4. The summed E-state index contributed by atoms with van der Waals surface area (Å²) in [7, 11) is 0. The molecule has 2 aliphatic heterocycles. The van der Waals surface area contributed by atoms with Gasteiger partial charge in [-0.05, 0) is 66.1 Å². The number of likely N-dealkylation sites (tertiary alicyclic amines) is 1. The maximum absolute atomic E-state index is 13.0. The Morgan fingerprint density at radius 1 is 0.966 bits per heavy atom. The number of nitrogens with one attached hydrogen (secondary N) is 1. The van der Waals surface area contributed by atoms with Crippen molar-refractivity contribution in [3.05, 3.63) is 59.1 Å². The molecule has 0 aliphatic carbocycles. The van der Waals surface area contributed by atoms with E-state index in [9.17, 15) is 14.4 Å². The molecule has 3 amide bonds. The number of anilines is 2. The second-order valence-electron chi connectivity index (χ2n) is 7.40. The van der Waals surface area contributed by atoms with Crippen LogP contribution in [0.4, 0.5) is 11.4 Å². The van der Waals surface area contributed by atoms with E-state index < -0.39 is 6.04 Å². The summed E-state index contributed by atoms with van der Waals surface area (Å²) < 4.78 is 0.721. The number of piperidine rings is 1. The summed E-state index contributed by atoms with van der Waals surface area (Å²) in [5, 5.41) is 2.95. The van der Waals surface area contributed by atoms with E-state index in [2.05, 4.69) is 21.2 Å². The summed E-state index contributed by atoms with van der Waals surface area (Å²) in [4.78, 5) is 41.4. The molecule has 0 aromatic heterocycles. The van der Waals surface area contributed by atoms with E-state index in [1.807, 2.05) is 53.4 Å². The highest BCUT2D eigenvalue weighted by Crippen LogP contribution is 2.33. The summed E-state index contributed by atoms with van der Waals surface area (Å²) in [6.45, 7) is 1.25. The highest BCUT2D eigenvalue weighted by Gasteiger charge is 2.44. The Kier molecular flexibility index (Phi) is 5.78. The number of hydrogen-bond acceptors (Lipinski definition) is 4. The van der Waals surface area contributed by atoms with Crippen LogP contribution in [0.1, 0.15) is 19.3 Å². The number of rotatable bonds is 4. The van der Waals surface area contributed by atoms with Crippen molar-refractivity contribution >= 4 is 45.0 Å². The van der Waals surface area contributed by atoms with Crippen LogP contribution in [0.2, 0.25) is 0 Å². The highest BCUT2D eigenvalue weighted by atomic mass is 79.9. The van der Waals surface area contributed by atoms with Gasteiger partial charge in [-0.3, -0.25) is 19.3 Å². The predicted octanol–water partition coefficient (Wildman–Crippen LogP) is 3.43. The molecule has 0 saturated carbocycles. The summed E-state index contributed by atoms with van der Waals surface area (Å²) in [5.41, 5.74) is 1.38. The first-order valence-corrected chi connectivity index (χ1v) is 10.5. The molecular weight excluding hydrogens is 434 g/mol. The molecule has 0 bridgehead atoms. The van der Waals surface area contributed by atoms with Gasteiger partial charge >= 0.3 is 0 Å². The first kappa shape index (κ1) is 19.8. The van der Waals surface area contributed by atoms with E-state index in [-0.39, 0.29) is 30.1 Å². The summed E-state index contributed by atoms with van der Waals surface area (Å²) >= 11 is 3.42. The SMILES string of the molecule is O=C(Nc1ccccc1)C1CCN([C@@H]2CC(=O)N(c3ccccc3Br)C2=O)CC1. The van der Waals surface area contributed by atoms with E-state index in [1.165, 1.54) is 4.90 Å². The van der Waals surface area contributed by atoms with Crippen LogP contribution in [-0.2, 0) is 14.4 Å². The van der Waals surface area contributed by atoms with Crippen LogP contribution in [0.25, 0.3) is 0 Å². The normalized spacial score (nSPS) is 20.9. The topological polar surface area (TPSA) is 69.7 Å². The van der Waals surface area contributed by atoms with Gasteiger partial charge in [0.1, 0.15) is 0 Å². The van der Waals surface area contributed by atoms with Crippen LogP contribution < -0.4 is 10.2 Å². The van der Waals surface area contributed by atoms with Crippen LogP contribution >= 0.6 is 15.9 Å². The Morgan fingerprint density at radius 3 is 2.31 bits per heavy atom. The molecular formula is C22H22BrN3O3. The van der Waals surface area contributed by atoms with Gasteiger partial charge in [-0.2, -0.15) is 0 Å². The minimum absolute atomic E-state index is 0.0134. The van der Waals surface area contributed by atoms with Crippen molar-refractivity contribution < 1.29 is 14.4 Å². The number of para-hydroxylation sites is 2. The van der Waals surface area contributed by atoms with Crippen LogP contribution in [0.5, 0.6) is 0 Å². The monoisotopic (exact) mass is 455 g/mol. The summed E-state index contributed by atoms with van der Waals surface area (Å²) in [5.74, 6) is -0.442. The van der Waals surface area contributed by atoms with E-state index in [4.69, 9.17) is 0 Å². The Bertz CT molecular complexity index is 926. The molecule has 29 heavy (non-hydrogen) atoms. The Morgan fingerprint density at radius 2 is 1.62 bits per heavy atom. The van der Waals surface area contributed by atoms with Crippen LogP contribution in [0.3, 0.4) is 0 Å². The van der Waals surface area contributed by atoms with Gasteiger partial charge in [0.25, 0.3) is 5.91 Å². The molecule has 1 N–H and O–H groups in total. The largest absolute Gasteiger partial charge is 0.326 e. The molecule has 2 heterocycles. The number of imide groups is 1. The Hall–Kier alpha value is -2.51. The molecule has 7 heteroatoms. The van der Waals surface area contributed by atoms with Gasteiger partial charge in [0, 0.05) is 16.1 Å². The zero-order valence-electron chi connectivity index (χ0n) is 15.9. The molecule has 2 fully saturated rings. The van der Waals surface area contributed by atoms with Crippen molar-refractivity contribution in [2.75, 3.05) is 23.3 Å². The zero-order valence-corrected chi connectivity index (χ0v) is 17.5. The average molecular weight is 456 g/mol. The van der Waals surface area contributed by atoms with Gasteiger partial charge in [-0.25, -0.2) is 4.90 Å². The van der Waals surface area contributed by atoms with Crippen molar-refractivity contribution in [3.63, 3.8) is 0 Å². The number of nitrogens with zero attached hydrogens (tertiary/aromatic N) is 2. The van der Waals surface area contributed by atoms with Gasteiger partial charge in [0.2, 0.25) is 11.8 Å². The van der Waals surface area contributed by atoms with Gasteiger partial charge in [0.05, 0.1) is 18.2 Å². The average Bonchev–Trinajstić information content (AvgIpc) is 3.03. The molecule has 150 valence electrons. The van der Waals surface area contributed by atoms with Crippen molar-refractivity contribution in [1.29, 1.82) is 0 Å². The van der Waals surface area contributed by atoms with Gasteiger partial charge < -0.3 is 5.32 Å². The number of carbonyl (C=O) groups excluding carboxylic acids is 3. The van der Waals surface area contributed by atoms with Crippen LogP contribution in [0, 0.1) is 5.92 Å². The Balaban J connectivity index is 1.38. The molecule has 4 rings (SSSR count). The van der Waals surface area contributed by atoms with Crippen molar-refractivity contribution in [2.45, 2.75) is 25.3 Å². The lowest BCUT2D eigenvalue weighted by atomic mass is 9.94. The minimum atomic E-state index is -0.451. The van der Waals surface area contributed by atoms with E-state index >= 15 is 0 Å². The van der Waals surface area contributed by atoms with Crippen LogP contribution in [0.15, 0.2) is 59.1 Å². The number of hydrogen-bond donors (Lipinski definition) is 1. The van der Waals surface area contributed by atoms with Gasteiger partial charge in [0.15, 0.2) is 0 Å². The summed E-state index contributed by atoms with van der Waals surface area (Å²) in [6.07, 6.45) is 1.53. The lowest BCUT2D eigenvalue weighted by molar-refractivity contribution is -0.123. The standard InChI is InChI=1S/C22H22BrN3O3/c23-17-8-4-5-9-18(17)26-20(27)14-19(22(26)29)25-12-10-15(11-13-25)21(28)24-16-6-2-1-3-7-16/h1-9,15,19H,10-14H2,(H,24,28)/t19-/m1/s1. The second-order valence-corrected chi connectivity index (χ2v) is 8.26. The molecule has 0 radical (unpaired) electrons. The predicted molar refractivity (Wildman–Crippen MR) is 114 cm³/mol. The smallest absolute Gasteiger partial charge is 0.251 e. The number of amides is 3. The third-order valence-corrected chi connectivity index (χ3v) is 6.27. The molecule has 2 saturated heterocycles. The van der Waals surface area contributed by atoms with Gasteiger partial charge in [-0.15, -0.1) is 0 Å². The fourth-order valence-electron chi connectivity index (χ4n) is 4.03. The van der Waals surface area contributed by atoms with Crippen LogP contribution in [-0.4, -0.2) is 41.8 Å². The van der Waals surface area contributed by atoms with Crippen molar-refractivity contribution in [1.82, 2.24) is 4.90 Å². The van der Waals surface area contributed by atoms with Crippen molar-refractivity contribution in [3.8, 4) is 0 Å². The summed E-state index contributed by atoms with van der Waals surface area (Å²) in [6, 6.07) is 16.2. The fraction of sp³-hybridized carbons (Fsp3) is 0.318. The molecule has 1 atom stereocenters. The Labute approximate surface area is 178 Å². The second kappa shape index (κ2) is 8.47. The van der Waals surface area contributed by atoms with Crippen molar-refractivity contribution in [2.24, 2.45) is 5.92 Å². The minimum Gasteiger partial charge on any atom is -0.326 e. The van der Waals surface area contributed by atoms with Gasteiger partial charge in [-0.1, -0.05) is 30.3 Å². The number of halogens is 1. The lowest BCUT2D eigenvalue weighted by Gasteiger charge is -2.34. The maximum Gasteiger partial charge on any atom is 0.251 e. The third kappa shape index (κ3) is 4.11.